The van der Waals surface area contributed by atoms with Crippen LogP contribution < -0.4 is 10.3 Å². The molecule has 2 heterocycles. The van der Waals surface area contributed by atoms with Crippen LogP contribution in [-0.4, -0.2) is 33.5 Å². The molecule has 1 aromatic carbocycles. The highest BCUT2D eigenvalue weighted by Crippen LogP contribution is 2.27. The number of hydrogen-bond acceptors (Lipinski definition) is 7. The van der Waals surface area contributed by atoms with E-state index in [1.807, 2.05) is 36.4 Å². The summed E-state index contributed by atoms with van der Waals surface area (Å²) in [4.78, 5) is 6.79. The zero-order chi connectivity index (χ0) is 17.8. The lowest BCUT2D eigenvalue weighted by atomic mass is 10.2. The molecule has 0 unspecified atom stereocenters. The molecular formula is C18H22N6S. The molecule has 130 valence electrons. The van der Waals surface area contributed by atoms with Crippen LogP contribution in [0.4, 0.5) is 10.3 Å². The highest BCUT2D eigenvalue weighted by atomic mass is 32.1. The zero-order valence-electron chi connectivity index (χ0n) is 14.8. The third-order valence-electron chi connectivity index (χ3n) is 3.72. The molecule has 0 radical (unpaired) electrons. The molecule has 0 saturated carbocycles. The second-order valence-electron chi connectivity index (χ2n) is 6.28. The Kier molecular flexibility index (Phi) is 5.23. The van der Waals surface area contributed by atoms with Gasteiger partial charge in [0.2, 0.25) is 10.3 Å². The Morgan fingerprint density at radius 3 is 2.56 bits per heavy atom. The molecule has 3 rings (SSSR count). The highest BCUT2D eigenvalue weighted by molar-refractivity contribution is 7.19. The van der Waals surface area contributed by atoms with Crippen molar-refractivity contribution >= 4 is 38.7 Å². The van der Waals surface area contributed by atoms with E-state index in [1.54, 1.807) is 6.21 Å². The number of hydrazone groups is 1. The number of anilines is 2. The van der Waals surface area contributed by atoms with Gasteiger partial charge in [-0.15, -0.1) is 10.2 Å². The summed E-state index contributed by atoms with van der Waals surface area (Å²) >= 11 is 1.49. The molecule has 2 aromatic heterocycles. The average molecular weight is 354 g/mol. The number of nitrogens with zero attached hydrogens (tertiary/aromatic N) is 5. The predicted octanol–water partition coefficient (Wildman–Crippen LogP) is 4.16. The Balaban J connectivity index is 1.69. The van der Waals surface area contributed by atoms with Gasteiger partial charge in [0.25, 0.3) is 0 Å². The normalized spacial score (nSPS) is 11.8. The van der Waals surface area contributed by atoms with Crippen molar-refractivity contribution in [2.75, 3.05) is 10.3 Å². The Morgan fingerprint density at radius 2 is 1.80 bits per heavy atom. The van der Waals surface area contributed by atoms with Crippen LogP contribution in [0.3, 0.4) is 0 Å². The van der Waals surface area contributed by atoms with E-state index in [0.29, 0.717) is 17.2 Å². The predicted molar refractivity (Wildman–Crippen MR) is 106 cm³/mol. The molecule has 0 aliphatic carbocycles. The van der Waals surface area contributed by atoms with Gasteiger partial charge in [-0.2, -0.15) is 5.10 Å². The van der Waals surface area contributed by atoms with Gasteiger partial charge in [-0.1, -0.05) is 35.6 Å². The molecule has 0 bridgehead atoms. The molecule has 0 amide bonds. The van der Waals surface area contributed by atoms with Crippen LogP contribution in [0.5, 0.6) is 0 Å². The molecule has 0 saturated heterocycles. The summed E-state index contributed by atoms with van der Waals surface area (Å²) in [7, 11) is 0. The van der Waals surface area contributed by atoms with Crippen LogP contribution in [0.2, 0.25) is 0 Å². The average Bonchev–Trinajstić information content (AvgIpc) is 3.02. The molecule has 0 aliphatic rings. The van der Waals surface area contributed by atoms with Crippen molar-refractivity contribution in [1.82, 2.24) is 15.2 Å². The first kappa shape index (κ1) is 17.3. The van der Waals surface area contributed by atoms with Gasteiger partial charge < -0.3 is 4.90 Å². The third-order valence-corrected chi connectivity index (χ3v) is 4.57. The Hall–Kier alpha value is -2.54. The van der Waals surface area contributed by atoms with Crippen LogP contribution in [-0.2, 0) is 0 Å². The standard InChI is InChI=1S/C18H22N6S/c1-12(2)24(13(3)4)18-23-22-17(25-18)21-19-11-15-10-9-14-7-5-6-8-16(14)20-15/h5-13H,1-4H3,(H,21,22)/b19-11+. The molecule has 1 N–H and O–H groups in total. The minimum Gasteiger partial charge on any atom is -0.342 e. The molecule has 0 aliphatic heterocycles. The number of pyridine rings is 1. The van der Waals surface area contributed by atoms with Gasteiger partial charge in [-0.3, -0.25) is 5.43 Å². The number of rotatable bonds is 6. The summed E-state index contributed by atoms with van der Waals surface area (Å²) in [5.74, 6) is 0. The van der Waals surface area contributed by atoms with Gasteiger partial charge in [0.1, 0.15) is 0 Å². The van der Waals surface area contributed by atoms with Gasteiger partial charge in [0.05, 0.1) is 17.4 Å². The number of para-hydroxylation sites is 1. The van der Waals surface area contributed by atoms with Gasteiger partial charge in [-0.05, 0) is 39.8 Å². The lowest BCUT2D eigenvalue weighted by Crippen LogP contribution is -2.36. The molecule has 25 heavy (non-hydrogen) atoms. The minimum atomic E-state index is 0.367. The first-order valence-electron chi connectivity index (χ1n) is 8.31. The van der Waals surface area contributed by atoms with Crippen LogP contribution >= 0.6 is 11.3 Å². The summed E-state index contributed by atoms with van der Waals surface area (Å²) in [6.07, 6.45) is 1.69. The molecule has 0 fully saturated rings. The van der Waals surface area contributed by atoms with Crippen molar-refractivity contribution < 1.29 is 0 Å². The second kappa shape index (κ2) is 7.57. The van der Waals surface area contributed by atoms with Crippen LogP contribution in [0.15, 0.2) is 41.5 Å². The van der Waals surface area contributed by atoms with Crippen molar-refractivity contribution in [3.05, 3.63) is 42.1 Å². The molecule has 6 nitrogen and oxygen atoms in total. The first-order chi connectivity index (χ1) is 12.0. The molecule has 0 spiro atoms. The molecule has 0 atom stereocenters. The van der Waals surface area contributed by atoms with E-state index in [-0.39, 0.29) is 0 Å². The number of aromatic nitrogens is 3. The highest BCUT2D eigenvalue weighted by Gasteiger charge is 2.18. The Morgan fingerprint density at radius 1 is 1.04 bits per heavy atom. The lowest BCUT2D eigenvalue weighted by molar-refractivity contribution is 0.603. The van der Waals surface area contributed by atoms with E-state index in [0.717, 1.165) is 21.7 Å². The second-order valence-corrected chi connectivity index (χ2v) is 7.24. The summed E-state index contributed by atoms with van der Waals surface area (Å²) in [5.41, 5.74) is 4.69. The summed E-state index contributed by atoms with van der Waals surface area (Å²) < 4.78 is 0. The molecular weight excluding hydrogens is 332 g/mol. The summed E-state index contributed by atoms with van der Waals surface area (Å²) in [6, 6.07) is 12.7. The number of nitrogens with one attached hydrogen (secondary N) is 1. The van der Waals surface area contributed by atoms with Gasteiger partial charge in [0, 0.05) is 17.5 Å². The first-order valence-corrected chi connectivity index (χ1v) is 9.13. The van der Waals surface area contributed by atoms with Crippen molar-refractivity contribution in [3.63, 3.8) is 0 Å². The quantitative estimate of drug-likeness (QED) is 0.532. The van der Waals surface area contributed by atoms with Gasteiger partial charge in [-0.25, -0.2) is 4.98 Å². The third kappa shape index (κ3) is 4.11. The van der Waals surface area contributed by atoms with E-state index in [1.165, 1.54) is 11.3 Å². The topological polar surface area (TPSA) is 66.3 Å². The largest absolute Gasteiger partial charge is 0.342 e. The van der Waals surface area contributed by atoms with E-state index < -0.39 is 0 Å². The molecule has 3 aromatic rings. The fourth-order valence-corrected chi connectivity index (χ4v) is 3.67. The van der Waals surface area contributed by atoms with E-state index in [2.05, 4.69) is 58.3 Å². The van der Waals surface area contributed by atoms with Gasteiger partial charge in [0.15, 0.2) is 0 Å². The maximum absolute atomic E-state index is 4.56. The summed E-state index contributed by atoms with van der Waals surface area (Å²) in [6.45, 7) is 8.60. The van der Waals surface area contributed by atoms with Crippen LogP contribution in [0, 0.1) is 0 Å². The molecule has 7 heteroatoms. The monoisotopic (exact) mass is 354 g/mol. The van der Waals surface area contributed by atoms with Crippen LogP contribution in [0.1, 0.15) is 33.4 Å². The smallest absolute Gasteiger partial charge is 0.227 e. The zero-order valence-corrected chi connectivity index (χ0v) is 15.7. The Bertz CT molecular complexity index is 863. The minimum absolute atomic E-state index is 0.367. The van der Waals surface area contributed by atoms with E-state index in [4.69, 9.17) is 0 Å². The number of fused-ring (bicyclic) bond motifs is 1. The Labute approximate surface area is 151 Å². The van der Waals surface area contributed by atoms with Crippen molar-refractivity contribution in [2.24, 2.45) is 5.10 Å². The van der Waals surface area contributed by atoms with Crippen molar-refractivity contribution in [1.29, 1.82) is 0 Å². The maximum Gasteiger partial charge on any atom is 0.227 e. The van der Waals surface area contributed by atoms with E-state index >= 15 is 0 Å². The van der Waals surface area contributed by atoms with Crippen molar-refractivity contribution in [3.8, 4) is 0 Å². The lowest BCUT2D eigenvalue weighted by Gasteiger charge is -2.29. The van der Waals surface area contributed by atoms with Crippen LogP contribution in [0.25, 0.3) is 10.9 Å². The fraction of sp³-hybridized carbons (Fsp3) is 0.333. The summed E-state index contributed by atoms with van der Waals surface area (Å²) in [5, 5.41) is 15.3. The van der Waals surface area contributed by atoms with Crippen molar-refractivity contribution in [2.45, 2.75) is 39.8 Å². The van der Waals surface area contributed by atoms with E-state index in [9.17, 15) is 0 Å². The fourth-order valence-electron chi connectivity index (χ4n) is 2.71. The number of benzene rings is 1. The number of hydrogen-bond donors (Lipinski definition) is 1. The maximum atomic E-state index is 4.56. The van der Waals surface area contributed by atoms with Gasteiger partial charge >= 0.3 is 0 Å². The SMILES string of the molecule is CC(C)N(c1nnc(N/N=C/c2ccc3ccccc3n2)s1)C(C)C.